The van der Waals surface area contributed by atoms with E-state index in [4.69, 9.17) is 16.5 Å². The number of rotatable bonds is 14. The van der Waals surface area contributed by atoms with Gasteiger partial charge in [-0.3, -0.25) is 0 Å². The van der Waals surface area contributed by atoms with Crippen molar-refractivity contribution in [1.82, 2.24) is 0 Å². The molecule has 0 N–H and O–H groups in total. The third kappa shape index (κ3) is 7.55. The van der Waals surface area contributed by atoms with E-state index in [1.807, 2.05) is 0 Å². The fourth-order valence-electron chi connectivity index (χ4n) is 6.33. The van der Waals surface area contributed by atoms with Crippen LogP contribution in [0.1, 0.15) is 0 Å². The first kappa shape index (κ1) is 35.1. The Balaban J connectivity index is 1.74. The number of hydrogen-bond acceptors (Lipinski definition) is 4. The van der Waals surface area contributed by atoms with Crippen LogP contribution in [-0.2, 0) is 16.5 Å². The molecule has 0 aliphatic carbocycles. The van der Waals surface area contributed by atoms with Gasteiger partial charge in [0.25, 0.3) is 0 Å². The number of benzene rings is 6. The summed E-state index contributed by atoms with van der Waals surface area (Å²) in [5.74, 6) is 0. The molecule has 0 aliphatic heterocycles. The highest BCUT2D eigenvalue weighted by Gasteiger charge is 2.60. The molecular formula is C40H44O4Si5. The second-order valence-electron chi connectivity index (χ2n) is 12.6. The standard InChI is InChI=1S/C40H44O4Si5/c1-45(2)41-47(35-23-11-5-12-24-35,36-25-13-6-14-26-36)43-49(39-31-19-9-20-32-39,40-33-21-10-22-34-40)44-48(42-46(3)4,37-27-15-7-16-28-37)38-29-17-8-18-30-38/h5-34,45-46H,1-4H3. The second-order valence-corrected chi connectivity index (χ2v) is 27.5. The third-order valence-corrected chi connectivity index (χ3v) is 25.9. The van der Waals surface area contributed by atoms with Gasteiger partial charge in [0.05, 0.1) is 0 Å². The maximum absolute atomic E-state index is 8.20. The topological polar surface area (TPSA) is 36.9 Å². The molecule has 0 saturated carbocycles. The van der Waals surface area contributed by atoms with Crippen LogP contribution < -0.4 is 31.1 Å². The van der Waals surface area contributed by atoms with Gasteiger partial charge in [-0.05, 0) is 57.3 Å². The second kappa shape index (κ2) is 15.9. The summed E-state index contributed by atoms with van der Waals surface area (Å²) in [6.45, 7) is 8.91. The minimum atomic E-state index is -3.77. The lowest BCUT2D eigenvalue weighted by molar-refractivity contribution is 0.332. The molecule has 0 atom stereocenters. The van der Waals surface area contributed by atoms with Gasteiger partial charge >= 0.3 is 25.7 Å². The van der Waals surface area contributed by atoms with Crippen LogP contribution in [0.3, 0.4) is 0 Å². The lowest BCUT2D eigenvalue weighted by atomic mass is 10.4. The van der Waals surface area contributed by atoms with Crippen molar-refractivity contribution in [2.24, 2.45) is 0 Å². The van der Waals surface area contributed by atoms with E-state index < -0.39 is 43.8 Å². The molecule has 0 unspecified atom stereocenters. The Morgan fingerprint density at radius 2 is 0.469 bits per heavy atom. The van der Waals surface area contributed by atoms with Crippen LogP contribution in [0.15, 0.2) is 182 Å². The molecular weight excluding hydrogens is 685 g/mol. The average Bonchev–Trinajstić information content (AvgIpc) is 3.15. The summed E-state index contributed by atoms with van der Waals surface area (Å²) in [4.78, 5) is 0. The van der Waals surface area contributed by atoms with Gasteiger partial charge < -0.3 is 16.5 Å². The first-order chi connectivity index (χ1) is 23.9. The molecule has 9 heteroatoms. The Bertz CT molecular complexity index is 1650. The summed E-state index contributed by atoms with van der Waals surface area (Å²) >= 11 is 0. The Morgan fingerprint density at radius 1 is 0.286 bits per heavy atom. The highest BCUT2D eigenvalue weighted by atomic mass is 28.5. The first-order valence-corrected chi connectivity index (χ1v) is 28.0. The molecule has 0 radical (unpaired) electrons. The molecule has 0 aliphatic rings. The van der Waals surface area contributed by atoms with Crippen molar-refractivity contribution < 1.29 is 16.5 Å². The van der Waals surface area contributed by atoms with Crippen molar-refractivity contribution in [3.05, 3.63) is 182 Å². The van der Waals surface area contributed by atoms with E-state index in [1.165, 1.54) is 0 Å². The molecule has 0 fully saturated rings. The predicted octanol–water partition coefficient (Wildman–Crippen LogP) is 4.79. The highest BCUT2D eigenvalue weighted by Crippen LogP contribution is 2.25. The van der Waals surface area contributed by atoms with Crippen LogP contribution in [0.25, 0.3) is 0 Å². The molecule has 0 aromatic heterocycles. The van der Waals surface area contributed by atoms with Crippen molar-refractivity contribution in [3.8, 4) is 0 Å². The van der Waals surface area contributed by atoms with Crippen LogP contribution in [0.5, 0.6) is 0 Å². The van der Waals surface area contributed by atoms with Crippen molar-refractivity contribution in [1.29, 1.82) is 0 Å². The molecule has 49 heavy (non-hydrogen) atoms. The van der Waals surface area contributed by atoms with Gasteiger partial charge in [0.1, 0.15) is 0 Å². The predicted molar refractivity (Wildman–Crippen MR) is 216 cm³/mol. The summed E-state index contributed by atoms with van der Waals surface area (Å²) in [7, 11) is -14.2. The monoisotopic (exact) mass is 728 g/mol. The van der Waals surface area contributed by atoms with Crippen LogP contribution in [0.2, 0.25) is 26.2 Å². The van der Waals surface area contributed by atoms with Gasteiger partial charge in [-0.2, -0.15) is 0 Å². The number of hydrogen-bond donors (Lipinski definition) is 0. The van der Waals surface area contributed by atoms with E-state index in [1.54, 1.807) is 0 Å². The van der Waals surface area contributed by atoms with Crippen LogP contribution in [-0.4, -0.2) is 43.8 Å². The molecule has 4 nitrogen and oxygen atoms in total. The van der Waals surface area contributed by atoms with Crippen LogP contribution in [0.4, 0.5) is 0 Å². The zero-order chi connectivity index (χ0) is 34.2. The molecule has 0 bridgehead atoms. The fourth-order valence-corrected chi connectivity index (χ4v) is 27.4. The first-order valence-electron chi connectivity index (χ1n) is 17.0. The van der Waals surface area contributed by atoms with Gasteiger partial charge in [0.2, 0.25) is 0 Å². The van der Waals surface area contributed by atoms with Crippen LogP contribution in [0, 0.1) is 0 Å². The summed E-state index contributed by atoms with van der Waals surface area (Å²) in [5, 5.41) is 6.25. The Labute approximate surface area is 298 Å². The summed E-state index contributed by atoms with van der Waals surface area (Å²) in [6, 6.07) is 63.4. The quantitative estimate of drug-likeness (QED) is 0.151. The molecule has 6 aromatic rings. The SMILES string of the molecule is C[SiH](C)O[Si](O[Si](O[Si](O[SiH](C)C)(c1ccccc1)c1ccccc1)(c1ccccc1)c1ccccc1)(c1ccccc1)c1ccccc1. The lowest BCUT2D eigenvalue weighted by Crippen LogP contribution is -2.81. The van der Waals surface area contributed by atoms with E-state index in [0.29, 0.717) is 0 Å². The summed E-state index contributed by atoms with van der Waals surface area (Å²) in [6.07, 6.45) is 0. The zero-order valence-electron chi connectivity index (χ0n) is 28.6. The van der Waals surface area contributed by atoms with Gasteiger partial charge in [0, 0.05) is 0 Å². The lowest BCUT2D eigenvalue weighted by Gasteiger charge is -2.47. The van der Waals surface area contributed by atoms with Crippen LogP contribution >= 0.6 is 0 Å². The zero-order valence-corrected chi connectivity index (χ0v) is 33.9. The Morgan fingerprint density at radius 3 is 0.653 bits per heavy atom. The van der Waals surface area contributed by atoms with E-state index in [-0.39, 0.29) is 0 Å². The molecule has 248 valence electrons. The van der Waals surface area contributed by atoms with Gasteiger partial charge in [-0.1, -0.05) is 182 Å². The van der Waals surface area contributed by atoms with Crippen molar-refractivity contribution >= 4 is 74.9 Å². The summed E-state index contributed by atoms with van der Waals surface area (Å²) < 4.78 is 31.2. The minimum absolute atomic E-state index is 1.01. The third-order valence-electron chi connectivity index (χ3n) is 8.30. The fraction of sp³-hybridized carbons (Fsp3) is 0.100. The van der Waals surface area contributed by atoms with Gasteiger partial charge in [-0.25, -0.2) is 0 Å². The smallest absolute Gasteiger partial charge is 0.390 e. The molecule has 0 amide bonds. The molecule has 6 rings (SSSR count). The molecule has 0 heterocycles. The maximum Gasteiger partial charge on any atom is 0.390 e. The Hall–Kier alpha value is -3.76. The van der Waals surface area contributed by atoms with Gasteiger partial charge in [0.15, 0.2) is 18.1 Å². The average molecular weight is 729 g/mol. The van der Waals surface area contributed by atoms with Crippen molar-refractivity contribution in [2.45, 2.75) is 26.2 Å². The Kier molecular flexibility index (Phi) is 11.4. The largest absolute Gasteiger partial charge is 0.433 e. The minimum Gasteiger partial charge on any atom is -0.433 e. The van der Waals surface area contributed by atoms with Crippen molar-refractivity contribution in [3.63, 3.8) is 0 Å². The summed E-state index contributed by atoms with van der Waals surface area (Å²) in [5.41, 5.74) is 0. The maximum atomic E-state index is 8.20. The van der Waals surface area contributed by atoms with E-state index in [2.05, 4.69) is 208 Å². The highest BCUT2D eigenvalue weighted by molar-refractivity contribution is 7.10. The molecule has 6 aromatic carbocycles. The van der Waals surface area contributed by atoms with E-state index >= 15 is 0 Å². The van der Waals surface area contributed by atoms with Crippen molar-refractivity contribution in [2.75, 3.05) is 0 Å². The van der Waals surface area contributed by atoms with E-state index in [9.17, 15) is 0 Å². The van der Waals surface area contributed by atoms with Gasteiger partial charge in [-0.15, -0.1) is 0 Å². The van der Waals surface area contributed by atoms with E-state index in [0.717, 1.165) is 31.1 Å². The normalized spacial score (nSPS) is 12.4. The molecule has 0 saturated heterocycles. The molecule has 0 spiro atoms.